The molecule has 2 nitrogen and oxygen atoms in total. The van der Waals surface area contributed by atoms with E-state index in [9.17, 15) is 0 Å². The molecular formula is C19H32N2. The van der Waals surface area contributed by atoms with Gasteiger partial charge in [-0.3, -0.25) is 4.90 Å². The Bertz CT molecular complexity index is 463. The van der Waals surface area contributed by atoms with Gasteiger partial charge in [0.15, 0.2) is 0 Å². The lowest BCUT2D eigenvalue weighted by molar-refractivity contribution is 0.0844. The lowest BCUT2D eigenvalue weighted by Gasteiger charge is -2.45. The van der Waals surface area contributed by atoms with Gasteiger partial charge in [0.05, 0.1) is 6.04 Å². The molecule has 1 heterocycles. The Kier molecular flexibility index (Phi) is 5.45. The zero-order chi connectivity index (χ0) is 15.5. The first-order chi connectivity index (χ1) is 10.0. The van der Waals surface area contributed by atoms with Crippen molar-refractivity contribution in [1.29, 1.82) is 0 Å². The van der Waals surface area contributed by atoms with Crippen molar-refractivity contribution >= 4 is 0 Å². The highest BCUT2D eigenvalue weighted by Crippen LogP contribution is 2.38. The maximum Gasteiger partial charge on any atom is 0.0507 e. The Labute approximate surface area is 130 Å². The van der Waals surface area contributed by atoms with Crippen LogP contribution in [0.25, 0.3) is 0 Å². The SMILES string of the molecule is CCNC(c1cccc(C)c1C)C(C)(CC)N1CCCC1. The van der Waals surface area contributed by atoms with Crippen LogP contribution in [0.3, 0.4) is 0 Å². The van der Waals surface area contributed by atoms with Crippen molar-refractivity contribution in [2.75, 3.05) is 19.6 Å². The van der Waals surface area contributed by atoms with Crippen LogP contribution < -0.4 is 5.32 Å². The van der Waals surface area contributed by atoms with E-state index in [2.05, 4.69) is 63.0 Å². The first-order valence-electron chi connectivity index (χ1n) is 8.59. The van der Waals surface area contributed by atoms with Gasteiger partial charge < -0.3 is 5.32 Å². The second-order valence-corrected chi connectivity index (χ2v) is 6.68. The predicted octanol–water partition coefficient (Wildman–Crippen LogP) is 4.22. The molecule has 2 atom stereocenters. The zero-order valence-corrected chi connectivity index (χ0v) is 14.5. The van der Waals surface area contributed by atoms with Crippen LogP contribution in [0.1, 0.15) is 62.8 Å². The minimum absolute atomic E-state index is 0.199. The lowest BCUT2D eigenvalue weighted by atomic mass is 9.80. The smallest absolute Gasteiger partial charge is 0.0507 e. The average Bonchev–Trinajstić information content (AvgIpc) is 3.02. The molecule has 2 rings (SSSR count). The molecule has 1 aliphatic rings. The predicted molar refractivity (Wildman–Crippen MR) is 91.8 cm³/mol. The number of hydrogen-bond acceptors (Lipinski definition) is 2. The van der Waals surface area contributed by atoms with Crippen LogP contribution in [0.15, 0.2) is 18.2 Å². The van der Waals surface area contributed by atoms with Crippen LogP contribution in [0, 0.1) is 13.8 Å². The number of hydrogen-bond donors (Lipinski definition) is 1. The van der Waals surface area contributed by atoms with Gasteiger partial charge in [-0.1, -0.05) is 32.0 Å². The summed E-state index contributed by atoms with van der Waals surface area (Å²) in [6.07, 6.45) is 3.88. The van der Waals surface area contributed by atoms with Crippen molar-refractivity contribution in [2.24, 2.45) is 0 Å². The van der Waals surface area contributed by atoms with E-state index in [1.165, 1.54) is 49.0 Å². The fourth-order valence-corrected chi connectivity index (χ4v) is 3.79. The van der Waals surface area contributed by atoms with Gasteiger partial charge in [0.25, 0.3) is 0 Å². The second kappa shape index (κ2) is 6.93. The number of aryl methyl sites for hydroxylation is 1. The highest BCUT2D eigenvalue weighted by molar-refractivity contribution is 5.37. The summed E-state index contributed by atoms with van der Waals surface area (Å²) in [6, 6.07) is 7.16. The Morgan fingerprint density at radius 2 is 1.86 bits per heavy atom. The summed E-state index contributed by atoms with van der Waals surface area (Å²) < 4.78 is 0. The summed E-state index contributed by atoms with van der Waals surface area (Å²) in [5.74, 6) is 0. The van der Waals surface area contributed by atoms with E-state index in [4.69, 9.17) is 0 Å². The molecule has 1 fully saturated rings. The fourth-order valence-electron chi connectivity index (χ4n) is 3.79. The highest BCUT2D eigenvalue weighted by Gasteiger charge is 2.40. The number of likely N-dealkylation sites (N-methyl/N-ethyl adjacent to an activating group) is 1. The molecule has 1 aromatic rings. The van der Waals surface area contributed by atoms with Gasteiger partial charge in [-0.2, -0.15) is 0 Å². The van der Waals surface area contributed by atoms with E-state index < -0.39 is 0 Å². The highest BCUT2D eigenvalue weighted by atomic mass is 15.2. The molecule has 2 unspecified atom stereocenters. The number of benzene rings is 1. The molecule has 0 spiro atoms. The second-order valence-electron chi connectivity index (χ2n) is 6.68. The molecular weight excluding hydrogens is 256 g/mol. The van der Waals surface area contributed by atoms with Gasteiger partial charge in [0.2, 0.25) is 0 Å². The van der Waals surface area contributed by atoms with Gasteiger partial charge in [-0.05, 0) is 76.4 Å². The van der Waals surface area contributed by atoms with Crippen LogP contribution in [0.2, 0.25) is 0 Å². The maximum atomic E-state index is 3.79. The van der Waals surface area contributed by atoms with Crippen molar-refractivity contribution in [3.63, 3.8) is 0 Å². The van der Waals surface area contributed by atoms with Crippen LogP contribution in [0.5, 0.6) is 0 Å². The van der Waals surface area contributed by atoms with Gasteiger partial charge in [-0.15, -0.1) is 0 Å². The van der Waals surface area contributed by atoms with Crippen molar-refractivity contribution in [2.45, 2.75) is 65.5 Å². The van der Waals surface area contributed by atoms with Gasteiger partial charge in [0.1, 0.15) is 0 Å². The summed E-state index contributed by atoms with van der Waals surface area (Å²) in [5, 5.41) is 3.79. The third-order valence-electron chi connectivity index (χ3n) is 5.53. The molecule has 1 N–H and O–H groups in total. The van der Waals surface area contributed by atoms with Gasteiger partial charge >= 0.3 is 0 Å². The summed E-state index contributed by atoms with van der Waals surface area (Å²) >= 11 is 0. The van der Waals surface area contributed by atoms with E-state index in [1.54, 1.807) is 0 Å². The standard InChI is InChI=1S/C19H32N2/c1-6-19(5,21-13-8-9-14-21)18(20-7-2)17-12-10-11-15(3)16(17)4/h10-12,18,20H,6-9,13-14H2,1-5H3. The monoisotopic (exact) mass is 288 g/mol. The van der Waals surface area contributed by atoms with E-state index >= 15 is 0 Å². The Hall–Kier alpha value is -0.860. The summed E-state index contributed by atoms with van der Waals surface area (Å²) in [5.41, 5.74) is 4.52. The summed E-state index contributed by atoms with van der Waals surface area (Å²) in [7, 11) is 0. The molecule has 0 bridgehead atoms. The van der Waals surface area contributed by atoms with E-state index in [0.717, 1.165) is 6.54 Å². The number of likely N-dealkylation sites (tertiary alicyclic amines) is 1. The molecule has 2 heteroatoms. The normalized spacial score (nSPS) is 20.4. The molecule has 21 heavy (non-hydrogen) atoms. The van der Waals surface area contributed by atoms with Crippen LogP contribution in [-0.4, -0.2) is 30.1 Å². The number of nitrogens with one attached hydrogen (secondary N) is 1. The molecule has 0 radical (unpaired) electrons. The first-order valence-corrected chi connectivity index (χ1v) is 8.59. The zero-order valence-electron chi connectivity index (χ0n) is 14.5. The molecule has 118 valence electrons. The molecule has 1 aliphatic heterocycles. The van der Waals surface area contributed by atoms with E-state index in [0.29, 0.717) is 6.04 Å². The number of rotatable bonds is 6. The molecule has 1 aromatic carbocycles. The van der Waals surface area contributed by atoms with Crippen molar-refractivity contribution in [3.8, 4) is 0 Å². The maximum absolute atomic E-state index is 3.79. The number of nitrogens with zero attached hydrogens (tertiary/aromatic N) is 1. The molecule has 0 saturated carbocycles. The summed E-state index contributed by atoms with van der Waals surface area (Å²) in [4.78, 5) is 2.71. The largest absolute Gasteiger partial charge is 0.309 e. The summed E-state index contributed by atoms with van der Waals surface area (Å²) in [6.45, 7) is 15.0. The molecule has 0 aliphatic carbocycles. The third kappa shape index (κ3) is 3.17. The lowest BCUT2D eigenvalue weighted by Crippen LogP contribution is -2.53. The van der Waals surface area contributed by atoms with Gasteiger partial charge in [0, 0.05) is 5.54 Å². The fraction of sp³-hybridized carbons (Fsp3) is 0.684. The topological polar surface area (TPSA) is 15.3 Å². The van der Waals surface area contributed by atoms with Gasteiger partial charge in [-0.25, -0.2) is 0 Å². The minimum atomic E-state index is 0.199. The minimum Gasteiger partial charge on any atom is -0.309 e. The van der Waals surface area contributed by atoms with Crippen LogP contribution >= 0.6 is 0 Å². The van der Waals surface area contributed by atoms with Crippen LogP contribution in [-0.2, 0) is 0 Å². The molecule has 0 aromatic heterocycles. The van der Waals surface area contributed by atoms with Crippen LogP contribution in [0.4, 0.5) is 0 Å². The van der Waals surface area contributed by atoms with Crippen molar-refractivity contribution < 1.29 is 0 Å². The molecule has 1 saturated heterocycles. The Morgan fingerprint density at radius 3 is 2.43 bits per heavy atom. The average molecular weight is 288 g/mol. The van der Waals surface area contributed by atoms with E-state index in [-0.39, 0.29) is 5.54 Å². The van der Waals surface area contributed by atoms with Crippen molar-refractivity contribution in [1.82, 2.24) is 10.2 Å². The quantitative estimate of drug-likeness (QED) is 0.843. The first kappa shape index (κ1) is 16.5. The third-order valence-corrected chi connectivity index (χ3v) is 5.53. The Morgan fingerprint density at radius 1 is 1.19 bits per heavy atom. The van der Waals surface area contributed by atoms with E-state index in [1.807, 2.05) is 0 Å². The van der Waals surface area contributed by atoms with Crippen molar-refractivity contribution in [3.05, 3.63) is 34.9 Å². The Balaban J connectivity index is 2.42. The molecule has 0 amide bonds.